The Kier molecular flexibility index (Phi) is 4.48. The summed E-state index contributed by atoms with van der Waals surface area (Å²) in [6.45, 7) is 0. The number of hydrogen-bond acceptors (Lipinski definition) is 6. The number of phenols is 1. The number of benzene rings is 2. The number of rotatable bonds is 4. The predicted molar refractivity (Wildman–Crippen MR) is 92.7 cm³/mol. The second-order valence-electron chi connectivity index (χ2n) is 5.85. The van der Waals surface area contributed by atoms with Gasteiger partial charge < -0.3 is 10.2 Å². The molecular weight excluding hydrogens is 366 g/mol. The van der Waals surface area contributed by atoms with Crippen LogP contribution in [-0.4, -0.2) is 50.7 Å². The van der Waals surface area contributed by atoms with Gasteiger partial charge in [-0.25, -0.2) is 16.8 Å². The lowest BCUT2D eigenvalue weighted by Gasteiger charge is -2.31. The second kappa shape index (κ2) is 6.32. The molecule has 0 aliphatic carbocycles. The molecule has 134 valence electrons. The van der Waals surface area contributed by atoms with Crippen LogP contribution >= 0.6 is 0 Å². The highest BCUT2D eigenvalue weighted by Gasteiger charge is 2.45. The molecule has 1 aliphatic rings. The molecule has 0 bridgehead atoms. The number of sulfone groups is 1. The standard InChI is InChI=1S/C16H17NO6S2/c18-13-6-4-5-12(9-13)17(15-10-24(20,21)11-16(15)19)25(22,23)14-7-2-1-3-8-14/h1-9,15-16,18-19H,10-11H2/t15-,16-/m0/s1. The van der Waals surface area contributed by atoms with Gasteiger partial charge in [0, 0.05) is 6.07 Å². The second-order valence-corrected chi connectivity index (χ2v) is 9.81. The highest BCUT2D eigenvalue weighted by Crippen LogP contribution is 2.32. The Balaban J connectivity index is 2.17. The summed E-state index contributed by atoms with van der Waals surface area (Å²) in [5.41, 5.74) is 0.0880. The highest BCUT2D eigenvalue weighted by atomic mass is 32.2. The minimum absolute atomic E-state index is 0.0326. The summed E-state index contributed by atoms with van der Waals surface area (Å²) < 4.78 is 50.9. The van der Waals surface area contributed by atoms with Gasteiger partial charge in [-0.15, -0.1) is 0 Å². The number of nitrogens with zero attached hydrogens (tertiary/aromatic N) is 1. The van der Waals surface area contributed by atoms with Crippen LogP contribution < -0.4 is 4.31 Å². The minimum atomic E-state index is -4.14. The first-order chi connectivity index (χ1) is 11.7. The Bertz CT molecular complexity index is 973. The summed E-state index contributed by atoms with van der Waals surface area (Å²) in [7, 11) is -7.71. The van der Waals surface area contributed by atoms with Crippen LogP contribution in [0.15, 0.2) is 59.5 Å². The highest BCUT2D eigenvalue weighted by molar-refractivity contribution is 7.93. The SMILES string of the molecule is O=S1(=O)C[C@H](O)[C@@H](N(c2cccc(O)c2)S(=O)(=O)c2ccccc2)C1. The lowest BCUT2D eigenvalue weighted by Crippen LogP contribution is -2.47. The maximum atomic E-state index is 13.1. The van der Waals surface area contributed by atoms with Crippen molar-refractivity contribution in [3.05, 3.63) is 54.6 Å². The van der Waals surface area contributed by atoms with Crippen LogP contribution in [-0.2, 0) is 19.9 Å². The first kappa shape index (κ1) is 17.7. The molecule has 0 amide bonds. The van der Waals surface area contributed by atoms with Crippen molar-refractivity contribution in [2.24, 2.45) is 0 Å². The Morgan fingerprint density at radius 3 is 2.24 bits per heavy atom. The van der Waals surface area contributed by atoms with Crippen LogP contribution in [0, 0.1) is 0 Å². The number of aromatic hydroxyl groups is 1. The van der Waals surface area contributed by atoms with Crippen LogP contribution in [0.3, 0.4) is 0 Å². The van der Waals surface area contributed by atoms with E-state index in [9.17, 15) is 27.0 Å². The Hall–Kier alpha value is -2.10. The first-order valence-electron chi connectivity index (χ1n) is 7.48. The van der Waals surface area contributed by atoms with Crippen molar-refractivity contribution in [3.8, 4) is 5.75 Å². The van der Waals surface area contributed by atoms with Crippen molar-refractivity contribution in [1.29, 1.82) is 0 Å². The summed E-state index contributed by atoms with van der Waals surface area (Å²) in [4.78, 5) is -0.0326. The number of aliphatic hydroxyl groups excluding tert-OH is 1. The lowest BCUT2D eigenvalue weighted by atomic mass is 10.2. The van der Waals surface area contributed by atoms with E-state index in [4.69, 9.17) is 0 Å². The minimum Gasteiger partial charge on any atom is -0.508 e. The topological polar surface area (TPSA) is 112 Å². The van der Waals surface area contributed by atoms with Gasteiger partial charge in [-0.05, 0) is 24.3 Å². The normalized spacial score (nSPS) is 22.6. The van der Waals surface area contributed by atoms with Gasteiger partial charge in [0.05, 0.1) is 34.2 Å². The van der Waals surface area contributed by atoms with Crippen LogP contribution in [0.5, 0.6) is 5.75 Å². The van der Waals surface area contributed by atoms with Gasteiger partial charge in [0.15, 0.2) is 9.84 Å². The van der Waals surface area contributed by atoms with E-state index in [2.05, 4.69) is 0 Å². The smallest absolute Gasteiger partial charge is 0.264 e. The Labute approximate surface area is 146 Å². The Morgan fingerprint density at radius 1 is 1.00 bits per heavy atom. The van der Waals surface area contributed by atoms with Gasteiger partial charge >= 0.3 is 0 Å². The largest absolute Gasteiger partial charge is 0.508 e. The summed E-state index contributed by atoms with van der Waals surface area (Å²) >= 11 is 0. The number of anilines is 1. The van der Waals surface area contributed by atoms with Crippen molar-refractivity contribution >= 4 is 25.5 Å². The number of sulfonamides is 1. The summed E-state index contributed by atoms with van der Waals surface area (Å²) in [5.74, 6) is -1.16. The molecule has 0 saturated carbocycles. The molecule has 0 aromatic heterocycles. The molecule has 25 heavy (non-hydrogen) atoms. The number of hydrogen-bond donors (Lipinski definition) is 2. The van der Waals surface area contributed by atoms with Crippen molar-refractivity contribution in [1.82, 2.24) is 0 Å². The van der Waals surface area contributed by atoms with Crippen molar-refractivity contribution in [2.45, 2.75) is 17.0 Å². The zero-order valence-corrected chi connectivity index (χ0v) is 14.7. The van der Waals surface area contributed by atoms with Crippen LogP contribution in [0.1, 0.15) is 0 Å². The zero-order valence-electron chi connectivity index (χ0n) is 13.1. The molecule has 7 nitrogen and oxygen atoms in total. The van der Waals surface area contributed by atoms with Crippen molar-refractivity contribution in [3.63, 3.8) is 0 Å². The maximum Gasteiger partial charge on any atom is 0.264 e. The van der Waals surface area contributed by atoms with E-state index in [0.717, 1.165) is 4.31 Å². The van der Waals surface area contributed by atoms with Crippen LogP contribution in [0.4, 0.5) is 5.69 Å². The molecule has 1 fully saturated rings. The van der Waals surface area contributed by atoms with Crippen molar-refractivity contribution < 1.29 is 27.0 Å². The predicted octanol–water partition coefficient (Wildman–Crippen LogP) is 0.745. The molecule has 0 unspecified atom stereocenters. The van der Waals surface area contributed by atoms with Gasteiger partial charge in [-0.1, -0.05) is 24.3 Å². The maximum absolute atomic E-state index is 13.1. The molecule has 2 aromatic carbocycles. The summed E-state index contributed by atoms with van der Waals surface area (Å²) in [6.07, 6.45) is -1.36. The van der Waals surface area contributed by atoms with E-state index in [0.29, 0.717) is 0 Å². The van der Waals surface area contributed by atoms with Gasteiger partial charge in [-0.2, -0.15) is 0 Å². The molecule has 2 atom stereocenters. The molecule has 9 heteroatoms. The summed E-state index contributed by atoms with van der Waals surface area (Å²) in [5, 5.41) is 19.9. The van der Waals surface area contributed by atoms with Crippen molar-refractivity contribution in [2.75, 3.05) is 15.8 Å². The average Bonchev–Trinajstić information content (AvgIpc) is 2.81. The lowest BCUT2D eigenvalue weighted by molar-refractivity contribution is 0.184. The molecule has 2 N–H and O–H groups in total. The molecule has 1 aliphatic heterocycles. The third-order valence-electron chi connectivity index (χ3n) is 3.98. The Morgan fingerprint density at radius 2 is 1.68 bits per heavy atom. The molecule has 2 aromatic rings. The third kappa shape index (κ3) is 3.48. The van der Waals surface area contributed by atoms with Gasteiger partial charge in [-0.3, -0.25) is 4.31 Å². The van der Waals surface area contributed by atoms with E-state index < -0.39 is 43.5 Å². The first-order valence-corrected chi connectivity index (χ1v) is 10.7. The van der Waals surface area contributed by atoms with E-state index >= 15 is 0 Å². The van der Waals surface area contributed by atoms with Crippen LogP contribution in [0.25, 0.3) is 0 Å². The van der Waals surface area contributed by atoms with E-state index in [1.807, 2.05) is 0 Å². The zero-order chi connectivity index (χ0) is 18.2. The van der Waals surface area contributed by atoms with Gasteiger partial charge in [0.25, 0.3) is 10.0 Å². The molecule has 1 heterocycles. The molecule has 0 spiro atoms. The monoisotopic (exact) mass is 383 g/mol. The van der Waals surface area contributed by atoms with E-state index in [-0.39, 0.29) is 16.3 Å². The van der Waals surface area contributed by atoms with E-state index in [1.54, 1.807) is 18.2 Å². The molecule has 3 rings (SSSR count). The fourth-order valence-corrected chi connectivity index (χ4v) is 6.43. The van der Waals surface area contributed by atoms with Gasteiger partial charge in [0.2, 0.25) is 0 Å². The van der Waals surface area contributed by atoms with Gasteiger partial charge in [0.1, 0.15) is 5.75 Å². The van der Waals surface area contributed by atoms with E-state index in [1.165, 1.54) is 36.4 Å². The molecule has 1 saturated heterocycles. The quantitative estimate of drug-likeness (QED) is 0.806. The van der Waals surface area contributed by atoms with Crippen LogP contribution in [0.2, 0.25) is 0 Å². The third-order valence-corrected chi connectivity index (χ3v) is 7.55. The summed E-state index contributed by atoms with van der Waals surface area (Å²) in [6, 6.07) is 11.9. The number of aliphatic hydroxyl groups is 1. The molecule has 0 radical (unpaired) electrons. The molecular formula is C16H17NO6S2. The fraction of sp³-hybridized carbons (Fsp3) is 0.250. The fourth-order valence-electron chi connectivity index (χ4n) is 2.88. The average molecular weight is 383 g/mol. The number of phenolic OH excluding ortho intramolecular Hbond substituents is 1.